The summed E-state index contributed by atoms with van der Waals surface area (Å²) in [6, 6.07) is 12.8. The van der Waals surface area contributed by atoms with Crippen LogP contribution in [0, 0.1) is 0 Å². The van der Waals surface area contributed by atoms with Gasteiger partial charge in [0, 0.05) is 29.7 Å². The minimum atomic E-state index is -3.49. The molecule has 1 heterocycles. The SMILES string of the molecule is CCOC(=O)[C@@H]1c2ccccc2C(=O)N([C@H]2CCCC[C@@H]2N(C)S(C)(=O)=O)[C@H]1c1ccc(Cl)cc1. The molecule has 4 atom stereocenters. The Morgan fingerprint density at radius 2 is 1.77 bits per heavy atom. The van der Waals surface area contributed by atoms with E-state index >= 15 is 0 Å². The van der Waals surface area contributed by atoms with Crippen LogP contribution in [0.1, 0.15) is 66.1 Å². The number of rotatable bonds is 6. The highest BCUT2D eigenvalue weighted by Crippen LogP contribution is 2.47. The van der Waals surface area contributed by atoms with E-state index in [1.165, 1.54) is 10.6 Å². The van der Waals surface area contributed by atoms with Gasteiger partial charge >= 0.3 is 5.97 Å². The molecule has 1 amide bonds. The van der Waals surface area contributed by atoms with Crippen LogP contribution in [-0.2, 0) is 19.6 Å². The van der Waals surface area contributed by atoms with Crippen LogP contribution in [0.15, 0.2) is 48.5 Å². The lowest BCUT2D eigenvalue weighted by Crippen LogP contribution is -2.58. The van der Waals surface area contributed by atoms with Crippen molar-refractivity contribution in [3.63, 3.8) is 0 Å². The van der Waals surface area contributed by atoms with Crippen molar-refractivity contribution in [1.29, 1.82) is 0 Å². The lowest BCUT2D eigenvalue weighted by atomic mass is 9.77. The average molecular weight is 519 g/mol. The van der Waals surface area contributed by atoms with Gasteiger partial charge in [-0.15, -0.1) is 0 Å². The summed E-state index contributed by atoms with van der Waals surface area (Å²) in [6.07, 6.45) is 4.19. The van der Waals surface area contributed by atoms with Crippen LogP contribution >= 0.6 is 11.6 Å². The van der Waals surface area contributed by atoms with E-state index in [-0.39, 0.29) is 12.5 Å². The predicted molar refractivity (Wildman–Crippen MR) is 135 cm³/mol. The van der Waals surface area contributed by atoms with Gasteiger partial charge in [-0.2, -0.15) is 0 Å². The molecule has 188 valence electrons. The van der Waals surface area contributed by atoms with Crippen molar-refractivity contribution in [2.24, 2.45) is 0 Å². The zero-order chi connectivity index (χ0) is 25.3. The Kier molecular flexibility index (Phi) is 7.54. The van der Waals surface area contributed by atoms with E-state index in [1.54, 1.807) is 49.2 Å². The van der Waals surface area contributed by atoms with E-state index in [4.69, 9.17) is 16.3 Å². The molecule has 0 saturated heterocycles. The topological polar surface area (TPSA) is 84.0 Å². The summed E-state index contributed by atoms with van der Waals surface area (Å²) in [4.78, 5) is 29.3. The maximum absolute atomic E-state index is 14.1. The van der Waals surface area contributed by atoms with E-state index in [2.05, 4.69) is 0 Å². The number of esters is 1. The van der Waals surface area contributed by atoms with Crippen LogP contribution in [0.2, 0.25) is 5.02 Å². The smallest absolute Gasteiger partial charge is 0.315 e. The molecule has 1 aliphatic heterocycles. The quantitative estimate of drug-likeness (QED) is 0.530. The highest BCUT2D eigenvalue weighted by molar-refractivity contribution is 7.88. The second kappa shape index (κ2) is 10.3. The first kappa shape index (κ1) is 25.7. The number of hydrogen-bond acceptors (Lipinski definition) is 5. The molecular weight excluding hydrogens is 488 g/mol. The largest absolute Gasteiger partial charge is 0.465 e. The van der Waals surface area contributed by atoms with E-state index in [9.17, 15) is 18.0 Å². The fourth-order valence-electron chi connectivity index (χ4n) is 5.50. The van der Waals surface area contributed by atoms with E-state index in [0.717, 1.165) is 18.4 Å². The zero-order valence-electron chi connectivity index (χ0n) is 20.2. The number of fused-ring (bicyclic) bond motifs is 1. The summed E-state index contributed by atoms with van der Waals surface area (Å²) in [6.45, 7) is 1.97. The van der Waals surface area contributed by atoms with Gasteiger partial charge < -0.3 is 9.64 Å². The summed E-state index contributed by atoms with van der Waals surface area (Å²) in [7, 11) is -1.92. The van der Waals surface area contributed by atoms with Gasteiger partial charge in [0.05, 0.1) is 18.9 Å². The summed E-state index contributed by atoms with van der Waals surface area (Å²) in [5, 5.41) is 0.544. The number of halogens is 1. The summed E-state index contributed by atoms with van der Waals surface area (Å²) in [5.41, 5.74) is 1.82. The number of carbonyl (C=O) groups is 2. The van der Waals surface area contributed by atoms with Gasteiger partial charge in [0.25, 0.3) is 5.91 Å². The molecule has 0 spiro atoms. The van der Waals surface area contributed by atoms with Crippen LogP contribution in [0.3, 0.4) is 0 Å². The molecule has 2 aliphatic rings. The lowest BCUT2D eigenvalue weighted by molar-refractivity contribution is -0.147. The van der Waals surface area contributed by atoms with Gasteiger partial charge in [-0.3, -0.25) is 9.59 Å². The van der Waals surface area contributed by atoms with Crippen molar-refractivity contribution < 1.29 is 22.7 Å². The number of amides is 1. The van der Waals surface area contributed by atoms with Crippen molar-refractivity contribution in [1.82, 2.24) is 9.21 Å². The number of hydrogen-bond donors (Lipinski definition) is 0. The highest BCUT2D eigenvalue weighted by atomic mass is 35.5. The number of ether oxygens (including phenoxy) is 1. The number of carbonyl (C=O) groups excluding carboxylic acids is 2. The van der Waals surface area contributed by atoms with Gasteiger partial charge in [0.1, 0.15) is 5.92 Å². The summed E-state index contributed by atoms with van der Waals surface area (Å²) in [5.74, 6) is -1.38. The number of benzene rings is 2. The van der Waals surface area contributed by atoms with Crippen LogP contribution in [0.5, 0.6) is 0 Å². The number of nitrogens with zero attached hydrogens (tertiary/aromatic N) is 2. The van der Waals surface area contributed by atoms with Crippen molar-refractivity contribution in [3.8, 4) is 0 Å². The van der Waals surface area contributed by atoms with E-state index in [0.29, 0.717) is 29.0 Å². The van der Waals surface area contributed by atoms with Gasteiger partial charge in [-0.05, 0) is 49.1 Å². The average Bonchev–Trinajstić information content (AvgIpc) is 2.83. The van der Waals surface area contributed by atoms with Gasteiger partial charge in [-0.1, -0.05) is 54.8 Å². The minimum absolute atomic E-state index is 0.208. The Hall–Kier alpha value is -2.42. The van der Waals surface area contributed by atoms with Gasteiger partial charge in [-0.25, -0.2) is 12.7 Å². The van der Waals surface area contributed by atoms with Gasteiger partial charge in [0.2, 0.25) is 10.0 Å². The Bertz CT molecular complexity index is 1200. The van der Waals surface area contributed by atoms with E-state index in [1.807, 2.05) is 18.2 Å². The predicted octanol–water partition coefficient (Wildman–Crippen LogP) is 4.39. The van der Waals surface area contributed by atoms with Crippen LogP contribution in [0.25, 0.3) is 0 Å². The Labute approximate surface area is 212 Å². The molecule has 0 aromatic heterocycles. The molecule has 0 unspecified atom stereocenters. The molecule has 0 radical (unpaired) electrons. The molecule has 9 heteroatoms. The molecule has 35 heavy (non-hydrogen) atoms. The third-order valence-corrected chi connectivity index (χ3v) is 8.74. The molecule has 4 rings (SSSR count). The first-order valence-corrected chi connectivity index (χ1v) is 14.1. The highest BCUT2D eigenvalue weighted by Gasteiger charge is 2.50. The molecule has 1 aliphatic carbocycles. The third kappa shape index (κ3) is 4.97. The third-order valence-electron chi connectivity index (χ3n) is 7.17. The standard InChI is InChI=1S/C26H31ClN2O5S/c1-4-34-26(31)23-19-9-5-6-10-20(19)25(30)29(24(23)17-13-15-18(27)16-14-17)22-12-8-7-11-21(22)28(2)35(3,32)33/h5-6,9-10,13-16,21-24H,4,7-8,11-12H2,1-3H3/t21-,22-,23+,24-/m0/s1. The fourth-order valence-corrected chi connectivity index (χ4v) is 6.37. The maximum atomic E-state index is 14.1. The van der Waals surface area contributed by atoms with Crippen molar-refractivity contribution >= 4 is 33.5 Å². The first-order valence-electron chi connectivity index (χ1n) is 11.9. The van der Waals surface area contributed by atoms with E-state index < -0.39 is 40.0 Å². The monoisotopic (exact) mass is 518 g/mol. The minimum Gasteiger partial charge on any atom is -0.465 e. The molecule has 1 saturated carbocycles. The van der Waals surface area contributed by atoms with Crippen LogP contribution < -0.4 is 0 Å². The molecule has 0 N–H and O–H groups in total. The van der Waals surface area contributed by atoms with Gasteiger partial charge in [0.15, 0.2) is 0 Å². The summed E-state index contributed by atoms with van der Waals surface area (Å²) < 4.78 is 31.9. The van der Waals surface area contributed by atoms with Crippen LogP contribution in [-0.4, -0.2) is 61.5 Å². The summed E-state index contributed by atoms with van der Waals surface area (Å²) >= 11 is 6.16. The molecule has 2 aromatic carbocycles. The second-order valence-corrected chi connectivity index (χ2v) is 11.7. The Balaban J connectivity index is 1.93. The molecule has 1 fully saturated rings. The maximum Gasteiger partial charge on any atom is 0.315 e. The first-order chi connectivity index (χ1) is 16.6. The Morgan fingerprint density at radius 3 is 2.43 bits per heavy atom. The fraction of sp³-hybridized carbons (Fsp3) is 0.462. The number of likely N-dealkylation sites (N-methyl/N-ethyl adjacent to an activating group) is 1. The molecule has 0 bridgehead atoms. The lowest BCUT2D eigenvalue weighted by Gasteiger charge is -2.50. The molecule has 2 aromatic rings. The van der Waals surface area contributed by atoms with Crippen molar-refractivity contribution in [2.75, 3.05) is 19.9 Å². The Morgan fingerprint density at radius 1 is 1.11 bits per heavy atom. The van der Waals surface area contributed by atoms with Crippen molar-refractivity contribution in [2.45, 2.75) is 56.7 Å². The second-order valence-electron chi connectivity index (χ2n) is 9.22. The molecule has 7 nitrogen and oxygen atoms in total. The molecular formula is C26H31ClN2O5S. The van der Waals surface area contributed by atoms with Crippen molar-refractivity contribution in [3.05, 3.63) is 70.2 Å². The zero-order valence-corrected chi connectivity index (χ0v) is 21.8. The van der Waals surface area contributed by atoms with Crippen LogP contribution in [0.4, 0.5) is 0 Å². The number of sulfonamides is 1. The normalized spacial score (nSPS) is 24.8.